The summed E-state index contributed by atoms with van der Waals surface area (Å²) >= 11 is 0. The van der Waals surface area contributed by atoms with E-state index in [0.29, 0.717) is 24.2 Å². The number of benzene rings is 2. The van der Waals surface area contributed by atoms with Gasteiger partial charge in [-0.15, -0.1) is 0 Å². The van der Waals surface area contributed by atoms with Gasteiger partial charge in [0.25, 0.3) is 0 Å². The van der Waals surface area contributed by atoms with Crippen LogP contribution < -0.4 is 15.0 Å². The van der Waals surface area contributed by atoms with Crippen molar-refractivity contribution in [2.45, 2.75) is 26.2 Å². The molecule has 0 atom stereocenters. The summed E-state index contributed by atoms with van der Waals surface area (Å²) in [5.41, 5.74) is 3.73. The van der Waals surface area contributed by atoms with E-state index in [0.717, 1.165) is 30.8 Å². The third-order valence-corrected chi connectivity index (χ3v) is 4.68. The quantitative estimate of drug-likeness (QED) is 0.806. The molecule has 1 aliphatic heterocycles. The lowest BCUT2D eigenvalue weighted by atomic mass is 10.0. The van der Waals surface area contributed by atoms with Crippen molar-refractivity contribution >= 4 is 23.1 Å². The number of rotatable bonds is 6. The van der Waals surface area contributed by atoms with Gasteiger partial charge in [-0.25, -0.2) is 0 Å². The molecule has 136 valence electrons. The summed E-state index contributed by atoms with van der Waals surface area (Å²) in [5.74, 6) is 0.839. The van der Waals surface area contributed by atoms with E-state index in [4.69, 9.17) is 4.74 Å². The van der Waals surface area contributed by atoms with Crippen LogP contribution in [0.1, 0.15) is 35.7 Å². The molecule has 0 bridgehead atoms. The summed E-state index contributed by atoms with van der Waals surface area (Å²) < 4.78 is 5.51. The highest BCUT2D eigenvalue weighted by atomic mass is 16.5. The molecule has 0 aromatic heterocycles. The van der Waals surface area contributed by atoms with E-state index in [-0.39, 0.29) is 11.7 Å². The molecule has 3 rings (SSSR count). The van der Waals surface area contributed by atoms with Gasteiger partial charge in [0.15, 0.2) is 5.78 Å². The number of ketones is 1. The predicted molar refractivity (Wildman–Crippen MR) is 103 cm³/mol. The van der Waals surface area contributed by atoms with Gasteiger partial charge in [-0.05, 0) is 55.7 Å². The minimum Gasteiger partial charge on any atom is -0.495 e. The fraction of sp³-hybridized carbons (Fsp3) is 0.333. The van der Waals surface area contributed by atoms with Gasteiger partial charge in [-0.2, -0.15) is 0 Å². The number of fused-ring (bicyclic) bond motifs is 1. The van der Waals surface area contributed by atoms with Crippen molar-refractivity contribution in [3.63, 3.8) is 0 Å². The lowest BCUT2D eigenvalue weighted by Gasteiger charge is -2.32. The number of hydrogen-bond donors (Lipinski definition) is 1. The number of nitrogens with one attached hydrogen (secondary N) is 1. The number of methoxy groups -OCH3 is 1. The summed E-state index contributed by atoms with van der Waals surface area (Å²) in [5, 5.41) is 2.89. The van der Waals surface area contributed by atoms with Crippen LogP contribution in [0.4, 0.5) is 11.4 Å². The molecule has 0 spiro atoms. The Morgan fingerprint density at radius 2 is 1.92 bits per heavy atom. The fourth-order valence-corrected chi connectivity index (χ4v) is 3.34. The number of carbonyl (C=O) groups excluding carboxylic acids is 2. The molecule has 0 saturated carbocycles. The van der Waals surface area contributed by atoms with Crippen LogP contribution >= 0.6 is 0 Å². The average Bonchev–Trinajstić information content (AvgIpc) is 2.66. The van der Waals surface area contributed by atoms with Crippen LogP contribution in [0.2, 0.25) is 0 Å². The van der Waals surface area contributed by atoms with E-state index in [1.165, 1.54) is 12.5 Å². The molecular formula is C21H24N2O3. The van der Waals surface area contributed by atoms with Crippen molar-refractivity contribution < 1.29 is 14.3 Å². The van der Waals surface area contributed by atoms with Crippen LogP contribution in [0, 0.1) is 0 Å². The molecule has 0 radical (unpaired) electrons. The van der Waals surface area contributed by atoms with Gasteiger partial charge in [-0.1, -0.05) is 12.1 Å². The summed E-state index contributed by atoms with van der Waals surface area (Å²) in [7, 11) is 1.68. The SMILES string of the molecule is COc1cccc2c1N(CCC(=O)Nc1ccc(C(C)=O)cc1)CCC2. The van der Waals surface area contributed by atoms with Crippen LogP contribution in [-0.4, -0.2) is 31.9 Å². The van der Waals surface area contributed by atoms with Crippen LogP contribution in [0.25, 0.3) is 0 Å². The van der Waals surface area contributed by atoms with Crippen molar-refractivity contribution in [3.05, 3.63) is 53.6 Å². The summed E-state index contributed by atoms with van der Waals surface area (Å²) in [4.78, 5) is 25.8. The maximum atomic E-state index is 12.3. The third-order valence-electron chi connectivity index (χ3n) is 4.68. The monoisotopic (exact) mass is 352 g/mol. The number of anilines is 2. The highest BCUT2D eigenvalue weighted by Gasteiger charge is 2.21. The van der Waals surface area contributed by atoms with Crippen molar-refractivity contribution in [1.82, 2.24) is 0 Å². The molecule has 2 aromatic carbocycles. The third kappa shape index (κ3) is 4.04. The second-order valence-electron chi connectivity index (χ2n) is 6.49. The molecule has 0 unspecified atom stereocenters. The Hall–Kier alpha value is -2.82. The van der Waals surface area contributed by atoms with Crippen LogP contribution in [0.15, 0.2) is 42.5 Å². The number of aryl methyl sites for hydroxylation is 1. The van der Waals surface area contributed by atoms with E-state index in [2.05, 4.69) is 16.3 Å². The van der Waals surface area contributed by atoms with E-state index in [1.807, 2.05) is 12.1 Å². The lowest BCUT2D eigenvalue weighted by molar-refractivity contribution is -0.116. The molecule has 1 N–H and O–H groups in total. The molecule has 2 aromatic rings. The van der Waals surface area contributed by atoms with E-state index in [1.54, 1.807) is 31.4 Å². The van der Waals surface area contributed by atoms with Crippen molar-refractivity contribution in [3.8, 4) is 5.75 Å². The first-order valence-corrected chi connectivity index (χ1v) is 8.90. The van der Waals surface area contributed by atoms with Crippen LogP contribution in [-0.2, 0) is 11.2 Å². The van der Waals surface area contributed by atoms with E-state index >= 15 is 0 Å². The largest absolute Gasteiger partial charge is 0.495 e. The van der Waals surface area contributed by atoms with Gasteiger partial charge in [0, 0.05) is 30.8 Å². The predicted octanol–water partition coefficient (Wildman–Crippen LogP) is 3.68. The Kier molecular flexibility index (Phi) is 5.56. The van der Waals surface area contributed by atoms with Gasteiger partial charge < -0.3 is 15.0 Å². The zero-order valence-corrected chi connectivity index (χ0v) is 15.2. The molecule has 1 heterocycles. The van der Waals surface area contributed by atoms with Crippen molar-refractivity contribution in [2.24, 2.45) is 0 Å². The van der Waals surface area contributed by atoms with Gasteiger partial charge in [0.1, 0.15) is 5.75 Å². The highest BCUT2D eigenvalue weighted by Crippen LogP contribution is 2.36. The topological polar surface area (TPSA) is 58.6 Å². The minimum absolute atomic E-state index is 0.0144. The van der Waals surface area contributed by atoms with Gasteiger partial charge >= 0.3 is 0 Å². The Morgan fingerprint density at radius 1 is 1.15 bits per heavy atom. The van der Waals surface area contributed by atoms with Gasteiger partial charge in [-0.3, -0.25) is 9.59 Å². The number of carbonyl (C=O) groups is 2. The second kappa shape index (κ2) is 8.04. The molecule has 0 aliphatic carbocycles. The van der Waals surface area contributed by atoms with Gasteiger partial charge in [0.05, 0.1) is 12.8 Å². The van der Waals surface area contributed by atoms with Crippen molar-refractivity contribution in [2.75, 3.05) is 30.4 Å². The Balaban J connectivity index is 1.61. The molecule has 0 fully saturated rings. The molecular weight excluding hydrogens is 328 g/mol. The molecule has 1 aliphatic rings. The molecule has 5 heteroatoms. The first kappa shape index (κ1) is 18.0. The molecule has 26 heavy (non-hydrogen) atoms. The average molecular weight is 352 g/mol. The molecule has 0 saturated heterocycles. The number of amides is 1. The smallest absolute Gasteiger partial charge is 0.226 e. The zero-order valence-electron chi connectivity index (χ0n) is 15.2. The normalized spacial score (nSPS) is 13.1. The van der Waals surface area contributed by atoms with E-state index in [9.17, 15) is 9.59 Å². The fourth-order valence-electron chi connectivity index (χ4n) is 3.34. The van der Waals surface area contributed by atoms with Gasteiger partial charge in [0.2, 0.25) is 5.91 Å². The first-order valence-electron chi connectivity index (χ1n) is 8.90. The minimum atomic E-state index is -0.0393. The molecule has 5 nitrogen and oxygen atoms in total. The highest BCUT2D eigenvalue weighted by molar-refractivity contribution is 5.95. The lowest BCUT2D eigenvalue weighted by Crippen LogP contribution is -2.32. The Bertz CT molecular complexity index is 785. The van der Waals surface area contributed by atoms with Crippen molar-refractivity contribution in [1.29, 1.82) is 0 Å². The summed E-state index contributed by atoms with van der Waals surface area (Å²) in [6, 6.07) is 13.1. The van der Waals surface area contributed by atoms with Crippen LogP contribution in [0.5, 0.6) is 5.75 Å². The van der Waals surface area contributed by atoms with E-state index < -0.39 is 0 Å². The number of Topliss-reactive ketones (excluding diaryl/α,β-unsaturated/α-hetero) is 1. The second-order valence-corrected chi connectivity index (χ2v) is 6.49. The Labute approximate surface area is 154 Å². The number of para-hydroxylation sites is 1. The maximum Gasteiger partial charge on any atom is 0.226 e. The summed E-state index contributed by atoms with van der Waals surface area (Å²) in [6.07, 6.45) is 2.51. The standard InChI is InChI=1S/C21H24N2O3/c1-15(24)16-8-10-18(11-9-16)22-20(25)12-14-23-13-4-6-17-5-3-7-19(26-2)21(17)23/h3,5,7-11H,4,6,12-14H2,1-2H3,(H,22,25). The Morgan fingerprint density at radius 3 is 2.62 bits per heavy atom. The number of ether oxygens (including phenoxy) is 1. The van der Waals surface area contributed by atoms with Crippen LogP contribution in [0.3, 0.4) is 0 Å². The molecule has 1 amide bonds. The maximum absolute atomic E-state index is 12.3. The number of nitrogens with zero attached hydrogens (tertiary/aromatic N) is 1. The number of hydrogen-bond acceptors (Lipinski definition) is 4. The summed E-state index contributed by atoms with van der Waals surface area (Å²) in [6.45, 7) is 3.09. The first-order chi connectivity index (χ1) is 12.6. The zero-order chi connectivity index (χ0) is 18.5.